The molecular formula is C22H17ClN2O4S. The first-order valence-electron chi connectivity index (χ1n) is 9.25. The average molecular weight is 441 g/mol. The van der Waals surface area contributed by atoms with E-state index in [0.29, 0.717) is 22.2 Å². The van der Waals surface area contributed by atoms with Gasteiger partial charge in [-0.05, 0) is 43.0 Å². The van der Waals surface area contributed by atoms with Crippen LogP contribution < -0.4 is 4.90 Å². The Hall–Kier alpha value is -3.03. The van der Waals surface area contributed by atoms with Gasteiger partial charge >= 0.3 is 5.97 Å². The summed E-state index contributed by atoms with van der Waals surface area (Å²) in [5.41, 5.74) is 1.93. The molecule has 0 unspecified atom stereocenters. The molecule has 1 saturated heterocycles. The van der Waals surface area contributed by atoms with Gasteiger partial charge in [-0.25, -0.2) is 4.90 Å². The van der Waals surface area contributed by atoms with Gasteiger partial charge in [0.25, 0.3) is 11.1 Å². The maximum atomic E-state index is 13.0. The first-order chi connectivity index (χ1) is 14.5. The topological polar surface area (TPSA) is 68.6 Å². The molecule has 30 heavy (non-hydrogen) atoms. The molecule has 2 heterocycles. The number of imide groups is 1. The van der Waals surface area contributed by atoms with Crippen LogP contribution in [-0.4, -0.2) is 28.3 Å². The summed E-state index contributed by atoms with van der Waals surface area (Å²) in [5.74, 6) is -0.774. The van der Waals surface area contributed by atoms with Crippen LogP contribution in [0.1, 0.15) is 12.5 Å². The van der Waals surface area contributed by atoms with Gasteiger partial charge in [-0.3, -0.25) is 14.4 Å². The zero-order valence-electron chi connectivity index (χ0n) is 16.0. The summed E-state index contributed by atoms with van der Waals surface area (Å²) in [4.78, 5) is 38.8. The smallest absolute Gasteiger partial charge is 0.325 e. The maximum Gasteiger partial charge on any atom is 0.325 e. The first-order valence-corrected chi connectivity index (χ1v) is 10.4. The zero-order valence-corrected chi connectivity index (χ0v) is 17.6. The second kappa shape index (κ2) is 8.38. The molecule has 8 heteroatoms. The predicted molar refractivity (Wildman–Crippen MR) is 118 cm³/mol. The Morgan fingerprint density at radius 2 is 1.87 bits per heavy atom. The Bertz CT molecular complexity index is 1200. The highest BCUT2D eigenvalue weighted by Gasteiger charge is 2.37. The molecule has 6 nitrogen and oxygen atoms in total. The molecule has 1 aromatic heterocycles. The summed E-state index contributed by atoms with van der Waals surface area (Å²) in [6, 6.07) is 14.3. The van der Waals surface area contributed by atoms with Gasteiger partial charge in [0.05, 0.1) is 22.2 Å². The van der Waals surface area contributed by atoms with Gasteiger partial charge in [0, 0.05) is 22.7 Å². The van der Waals surface area contributed by atoms with Gasteiger partial charge in [-0.1, -0.05) is 41.9 Å². The molecule has 0 radical (unpaired) electrons. The number of carbonyl (C=O) groups is 3. The number of aromatic nitrogens is 1. The maximum absolute atomic E-state index is 13.0. The number of hydrogen-bond donors (Lipinski definition) is 0. The highest BCUT2D eigenvalue weighted by Crippen LogP contribution is 2.39. The van der Waals surface area contributed by atoms with Crippen molar-refractivity contribution < 1.29 is 19.1 Å². The Morgan fingerprint density at radius 3 is 2.63 bits per heavy atom. The number of nitrogens with zero attached hydrogens (tertiary/aromatic N) is 2. The largest absolute Gasteiger partial charge is 0.465 e. The second-order valence-electron chi connectivity index (χ2n) is 6.50. The lowest BCUT2D eigenvalue weighted by atomic mass is 10.1. The summed E-state index contributed by atoms with van der Waals surface area (Å²) in [5, 5.41) is 0.785. The van der Waals surface area contributed by atoms with Crippen LogP contribution in [0.4, 0.5) is 10.5 Å². The van der Waals surface area contributed by atoms with Crippen LogP contribution in [0.2, 0.25) is 5.02 Å². The summed E-state index contributed by atoms with van der Waals surface area (Å²) >= 11 is 7.04. The van der Waals surface area contributed by atoms with Gasteiger partial charge in [0.1, 0.15) is 6.54 Å². The molecule has 0 atom stereocenters. The third-order valence-corrected chi connectivity index (χ3v) is 5.79. The monoisotopic (exact) mass is 440 g/mol. The number of halogens is 1. The van der Waals surface area contributed by atoms with Crippen molar-refractivity contribution in [3.8, 4) is 0 Å². The Balaban J connectivity index is 1.72. The van der Waals surface area contributed by atoms with Crippen LogP contribution in [-0.2, 0) is 20.9 Å². The lowest BCUT2D eigenvalue weighted by molar-refractivity contribution is -0.143. The molecule has 0 aliphatic carbocycles. The fraction of sp³-hybridized carbons (Fsp3) is 0.136. The molecule has 152 valence electrons. The highest BCUT2D eigenvalue weighted by atomic mass is 35.5. The first kappa shape index (κ1) is 20.3. The number of esters is 1. The van der Waals surface area contributed by atoms with Crippen molar-refractivity contribution in [3.63, 3.8) is 0 Å². The minimum absolute atomic E-state index is 0.0588. The van der Waals surface area contributed by atoms with Crippen molar-refractivity contribution in [2.45, 2.75) is 13.5 Å². The van der Waals surface area contributed by atoms with Crippen LogP contribution in [0.15, 0.2) is 59.6 Å². The average Bonchev–Trinajstić information content (AvgIpc) is 3.20. The Kier molecular flexibility index (Phi) is 5.65. The van der Waals surface area contributed by atoms with Crippen molar-refractivity contribution in [2.24, 2.45) is 0 Å². The van der Waals surface area contributed by atoms with Gasteiger partial charge in [-0.2, -0.15) is 0 Å². The van der Waals surface area contributed by atoms with Crippen LogP contribution in [0.5, 0.6) is 0 Å². The number of para-hydroxylation sites is 2. The molecule has 0 N–H and O–H groups in total. The third kappa shape index (κ3) is 3.74. The summed E-state index contributed by atoms with van der Waals surface area (Å²) in [6.45, 7) is 2.12. The molecule has 1 fully saturated rings. The number of rotatable bonds is 5. The van der Waals surface area contributed by atoms with Crippen molar-refractivity contribution in [2.75, 3.05) is 11.5 Å². The molecule has 1 aliphatic rings. The fourth-order valence-corrected chi connectivity index (χ4v) is 4.36. The highest BCUT2D eigenvalue weighted by molar-refractivity contribution is 8.19. The van der Waals surface area contributed by atoms with E-state index in [1.165, 1.54) is 0 Å². The SMILES string of the molecule is CCOC(=O)Cn1cc(/C=C2\SC(=O)N(c3ccccc3Cl)C2=O)c2ccccc21. The second-order valence-corrected chi connectivity index (χ2v) is 7.90. The van der Waals surface area contributed by atoms with Crippen LogP contribution in [0, 0.1) is 0 Å². The molecule has 2 aromatic carbocycles. The normalized spacial score (nSPS) is 15.4. The molecule has 0 bridgehead atoms. The van der Waals surface area contributed by atoms with Crippen LogP contribution in [0.25, 0.3) is 17.0 Å². The molecule has 2 amide bonds. The van der Waals surface area contributed by atoms with E-state index < -0.39 is 11.1 Å². The number of hydrogen-bond acceptors (Lipinski definition) is 5. The van der Waals surface area contributed by atoms with Gasteiger partial charge < -0.3 is 9.30 Å². The van der Waals surface area contributed by atoms with Crippen molar-refractivity contribution in [1.82, 2.24) is 4.57 Å². The minimum Gasteiger partial charge on any atom is -0.465 e. The summed E-state index contributed by atoms with van der Waals surface area (Å²) in [6.07, 6.45) is 3.46. The number of fused-ring (bicyclic) bond motifs is 1. The molecule has 4 rings (SSSR count). The standard InChI is InChI=1S/C22H17ClN2O4S/c1-2-29-20(26)13-24-12-14(15-7-3-5-9-17(15)24)11-19-21(27)25(22(28)30-19)18-10-6-4-8-16(18)23/h3-12H,2,13H2,1H3/b19-11-. The number of amides is 2. The number of carbonyl (C=O) groups excluding carboxylic acids is 3. The fourth-order valence-electron chi connectivity index (χ4n) is 3.32. The van der Waals surface area contributed by atoms with E-state index in [1.54, 1.807) is 48.0 Å². The molecule has 0 saturated carbocycles. The summed E-state index contributed by atoms with van der Waals surface area (Å²) in [7, 11) is 0. The lowest BCUT2D eigenvalue weighted by Gasteiger charge is -2.13. The number of thioether (sulfide) groups is 1. The predicted octanol–water partition coefficient (Wildman–Crippen LogP) is 5.10. The minimum atomic E-state index is -0.430. The van der Waals surface area contributed by atoms with Gasteiger partial charge in [-0.15, -0.1) is 0 Å². The quantitative estimate of drug-likeness (QED) is 0.408. The van der Waals surface area contributed by atoms with Crippen molar-refractivity contribution in [1.29, 1.82) is 0 Å². The number of anilines is 1. The molecular weight excluding hydrogens is 424 g/mol. The van der Waals surface area contributed by atoms with Crippen molar-refractivity contribution >= 4 is 63.1 Å². The Morgan fingerprint density at radius 1 is 1.13 bits per heavy atom. The molecule has 0 spiro atoms. The Labute approximate surface area is 182 Å². The van der Waals surface area contributed by atoms with E-state index in [2.05, 4.69) is 0 Å². The van der Waals surface area contributed by atoms with Gasteiger partial charge in [0.15, 0.2) is 0 Å². The van der Waals surface area contributed by atoms with E-state index in [4.69, 9.17) is 16.3 Å². The van der Waals surface area contributed by atoms with Crippen molar-refractivity contribution in [3.05, 3.63) is 70.2 Å². The van der Waals surface area contributed by atoms with E-state index in [9.17, 15) is 14.4 Å². The van der Waals surface area contributed by atoms with Crippen LogP contribution in [0.3, 0.4) is 0 Å². The summed E-state index contributed by atoms with van der Waals surface area (Å²) < 4.78 is 6.82. The molecule has 3 aromatic rings. The lowest BCUT2D eigenvalue weighted by Crippen LogP contribution is -2.27. The van der Waals surface area contributed by atoms with E-state index in [0.717, 1.165) is 33.1 Å². The van der Waals surface area contributed by atoms with E-state index in [1.807, 2.05) is 24.3 Å². The zero-order chi connectivity index (χ0) is 21.3. The third-order valence-electron chi connectivity index (χ3n) is 4.60. The molecule has 1 aliphatic heterocycles. The number of benzene rings is 2. The number of ether oxygens (including phenoxy) is 1. The van der Waals surface area contributed by atoms with Crippen LogP contribution >= 0.6 is 23.4 Å². The van der Waals surface area contributed by atoms with Gasteiger partial charge in [0.2, 0.25) is 0 Å². The van der Waals surface area contributed by atoms with E-state index in [-0.39, 0.29) is 12.5 Å². The van der Waals surface area contributed by atoms with E-state index >= 15 is 0 Å².